The quantitative estimate of drug-likeness (QED) is 0.873. The molecule has 1 aromatic rings. The van der Waals surface area contributed by atoms with Gasteiger partial charge in [0.2, 0.25) is 5.95 Å². The van der Waals surface area contributed by atoms with Gasteiger partial charge in [-0.3, -0.25) is 0 Å². The van der Waals surface area contributed by atoms with Crippen LogP contribution in [0.1, 0.15) is 51.1 Å². The van der Waals surface area contributed by atoms with E-state index in [1.807, 2.05) is 0 Å². The Bertz CT molecular complexity index is 442. The zero-order chi connectivity index (χ0) is 14.7. The molecule has 1 aliphatic carbocycles. The zero-order valence-electron chi connectivity index (χ0n) is 13.6. The molecule has 4 nitrogen and oxygen atoms in total. The SMILES string of the molecule is Cc1cn(CC(C)CN2CCCC2)c(NC2CCCC2)n1. The highest BCUT2D eigenvalue weighted by atomic mass is 15.2. The molecule has 2 fully saturated rings. The summed E-state index contributed by atoms with van der Waals surface area (Å²) >= 11 is 0. The summed E-state index contributed by atoms with van der Waals surface area (Å²) in [6, 6.07) is 0.638. The van der Waals surface area contributed by atoms with Crippen LogP contribution in [-0.4, -0.2) is 40.1 Å². The molecule has 1 unspecified atom stereocenters. The Balaban J connectivity index is 1.58. The topological polar surface area (TPSA) is 33.1 Å². The largest absolute Gasteiger partial charge is 0.353 e. The maximum absolute atomic E-state index is 4.70. The summed E-state index contributed by atoms with van der Waals surface area (Å²) in [6.45, 7) is 9.35. The van der Waals surface area contributed by atoms with E-state index >= 15 is 0 Å². The summed E-state index contributed by atoms with van der Waals surface area (Å²) < 4.78 is 2.34. The van der Waals surface area contributed by atoms with Crippen LogP contribution in [0.25, 0.3) is 0 Å². The van der Waals surface area contributed by atoms with E-state index < -0.39 is 0 Å². The van der Waals surface area contributed by atoms with Crippen LogP contribution in [0, 0.1) is 12.8 Å². The average Bonchev–Trinajstić information content (AvgIpc) is 3.14. The molecular weight excluding hydrogens is 260 g/mol. The molecule has 0 radical (unpaired) electrons. The van der Waals surface area contributed by atoms with Gasteiger partial charge in [-0.25, -0.2) is 4.98 Å². The molecule has 0 spiro atoms. The molecule has 1 aliphatic heterocycles. The Morgan fingerprint density at radius 1 is 1.19 bits per heavy atom. The van der Waals surface area contributed by atoms with Gasteiger partial charge >= 0.3 is 0 Å². The molecule has 1 N–H and O–H groups in total. The maximum atomic E-state index is 4.70. The van der Waals surface area contributed by atoms with Crippen LogP contribution in [-0.2, 0) is 6.54 Å². The van der Waals surface area contributed by atoms with E-state index in [0.29, 0.717) is 12.0 Å². The molecule has 2 aliphatic rings. The Hall–Kier alpha value is -1.03. The van der Waals surface area contributed by atoms with Crippen LogP contribution in [0.5, 0.6) is 0 Å². The number of aromatic nitrogens is 2. The Kier molecular flexibility index (Phi) is 4.84. The Labute approximate surface area is 128 Å². The minimum atomic E-state index is 0.638. The zero-order valence-corrected chi connectivity index (χ0v) is 13.6. The highest BCUT2D eigenvalue weighted by Gasteiger charge is 2.19. The molecule has 0 bridgehead atoms. The normalized spacial score (nSPS) is 22.0. The standard InChI is InChI=1S/C17H30N4/c1-14(11-20-9-5-6-10-20)12-21-13-15(2)18-17(21)19-16-7-3-4-8-16/h13-14,16H,3-12H2,1-2H3,(H,18,19). The molecule has 4 heteroatoms. The second-order valence-electron chi connectivity index (χ2n) is 7.10. The minimum Gasteiger partial charge on any atom is -0.353 e. The fourth-order valence-electron chi connectivity index (χ4n) is 3.85. The first-order chi connectivity index (χ1) is 10.2. The number of imidazole rings is 1. The number of nitrogens with zero attached hydrogens (tertiary/aromatic N) is 3. The van der Waals surface area contributed by atoms with E-state index in [9.17, 15) is 0 Å². The van der Waals surface area contributed by atoms with Gasteiger partial charge in [0.15, 0.2) is 0 Å². The van der Waals surface area contributed by atoms with E-state index in [1.54, 1.807) is 0 Å². The van der Waals surface area contributed by atoms with Crippen LogP contribution >= 0.6 is 0 Å². The summed E-state index contributed by atoms with van der Waals surface area (Å²) in [5, 5.41) is 3.67. The number of hydrogen-bond donors (Lipinski definition) is 1. The number of likely N-dealkylation sites (tertiary alicyclic amines) is 1. The van der Waals surface area contributed by atoms with Crippen LogP contribution in [0.15, 0.2) is 6.20 Å². The minimum absolute atomic E-state index is 0.638. The summed E-state index contributed by atoms with van der Waals surface area (Å²) in [4.78, 5) is 7.31. The van der Waals surface area contributed by atoms with Crippen LogP contribution < -0.4 is 5.32 Å². The Morgan fingerprint density at radius 3 is 2.62 bits per heavy atom. The summed E-state index contributed by atoms with van der Waals surface area (Å²) in [7, 11) is 0. The van der Waals surface area contributed by atoms with Gasteiger partial charge in [0, 0.05) is 25.3 Å². The van der Waals surface area contributed by atoms with E-state index in [-0.39, 0.29) is 0 Å². The number of aryl methyl sites for hydroxylation is 1. The van der Waals surface area contributed by atoms with Crippen LogP contribution in [0.3, 0.4) is 0 Å². The number of rotatable bonds is 6. The summed E-state index contributed by atoms with van der Waals surface area (Å²) in [5.74, 6) is 1.77. The Morgan fingerprint density at radius 2 is 1.90 bits per heavy atom. The lowest BCUT2D eigenvalue weighted by atomic mass is 10.1. The van der Waals surface area contributed by atoms with Crippen molar-refractivity contribution in [2.24, 2.45) is 5.92 Å². The number of anilines is 1. The molecule has 1 saturated heterocycles. The molecule has 3 rings (SSSR count). The second kappa shape index (κ2) is 6.82. The third-order valence-electron chi connectivity index (χ3n) is 4.86. The molecule has 118 valence electrons. The first kappa shape index (κ1) is 14.9. The van der Waals surface area contributed by atoms with Gasteiger partial charge in [0.05, 0.1) is 5.69 Å². The molecule has 1 atom stereocenters. The first-order valence-corrected chi connectivity index (χ1v) is 8.73. The van der Waals surface area contributed by atoms with Crippen LogP contribution in [0.4, 0.5) is 5.95 Å². The van der Waals surface area contributed by atoms with Crippen molar-refractivity contribution in [3.8, 4) is 0 Å². The number of nitrogens with one attached hydrogen (secondary N) is 1. The van der Waals surface area contributed by atoms with Crippen molar-refractivity contribution in [3.63, 3.8) is 0 Å². The lowest BCUT2D eigenvalue weighted by Gasteiger charge is -2.22. The fraction of sp³-hybridized carbons (Fsp3) is 0.824. The van der Waals surface area contributed by atoms with Gasteiger partial charge < -0.3 is 14.8 Å². The van der Waals surface area contributed by atoms with Gasteiger partial charge in [-0.1, -0.05) is 19.8 Å². The third kappa shape index (κ3) is 4.00. The molecule has 2 heterocycles. The van der Waals surface area contributed by atoms with Gasteiger partial charge in [-0.05, 0) is 51.6 Å². The van der Waals surface area contributed by atoms with Crippen molar-refractivity contribution in [2.45, 2.75) is 65.0 Å². The lowest BCUT2D eigenvalue weighted by molar-refractivity contribution is 0.272. The average molecular weight is 290 g/mol. The summed E-state index contributed by atoms with van der Waals surface area (Å²) in [5.41, 5.74) is 1.13. The fourth-order valence-corrected chi connectivity index (χ4v) is 3.85. The van der Waals surface area contributed by atoms with Crippen molar-refractivity contribution in [2.75, 3.05) is 25.0 Å². The third-order valence-corrected chi connectivity index (χ3v) is 4.86. The highest BCUT2D eigenvalue weighted by molar-refractivity contribution is 5.30. The molecular formula is C17H30N4. The van der Waals surface area contributed by atoms with E-state index in [2.05, 4.69) is 34.8 Å². The van der Waals surface area contributed by atoms with Crippen LogP contribution in [0.2, 0.25) is 0 Å². The van der Waals surface area contributed by atoms with Crippen molar-refractivity contribution in [1.82, 2.24) is 14.5 Å². The lowest BCUT2D eigenvalue weighted by Crippen LogP contribution is -2.28. The van der Waals surface area contributed by atoms with Gasteiger partial charge in [0.1, 0.15) is 0 Å². The molecule has 0 amide bonds. The first-order valence-electron chi connectivity index (χ1n) is 8.73. The van der Waals surface area contributed by atoms with Crippen molar-refractivity contribution in [1.29, 1.82) is 0 Å². The highest BCUT2D eigenvalue weighted by Crippen LogP contribution is 2.23. The van der Waals surface area contributed by atoms with E-state index in [1.165, 1.54) is 58.2 Å². The van der Waals surface area contributed by atoms with E-state index in [0.717, 1.165) is 18.2 Å². The molecule has 0 aromatic carbocycles. The van der Waals surface area contributed by atoms with Gasteiger partial charge in [0.25, 0.3) is 0 Å². The van der Waals surface area contributed by atoms with Gasteiger partial charge in [-0.15, -0.1) is 0 Å². The maximum Gasteiger partial charge on any atom is 0.203 e. The molecule has 1 saturated carbocycles. The summed E-state index contributed by atoms with van der Waals surface area (Å²) in [6.07, 6.45) is 10.3. The predicted molar refractivity (Wildman–Crippen MR) is 87.7 cm³/mol. The number of hydrogen-bond acceptors (Lipinski definition) is 3. The van der Waals surface area contributed by atoms with E-state index in [4.69, 9.17) is 4.98 Å². The second-order valence-corrected chi connectivity index (χ2v) is 7.10. The van der Waals surface area contributed by atoms with Crippen molar-refractivity contribution < 1.29 is 0 Å². The smallest absolute Gasteiger partial charge is 0.203 e. The predicted octanol–water partition coefficient (Wildman–Crippen LogP) is 3.28. The van der Waals surface area contributed by atoms with Gasteiger partial charge in [-0.2, -0.15) is 0 Å². The monoisotopic (exact) mass is 290 g/mol. The molecule has 1 aromatic heterocycles. The molecule has 21 heavy (non-hydrogen) atoms. The van der Waals surface area contributed by atoms with Crippen molar-refractivity contribution in [3.05, 3.63) is 11.9 Å². The van der Waals surface area contributed by atoms with Crippen molar-refractivity contribution >= 4 is 5.95 Å².